The van der Waals surface area contributed by atoms with Gasteiger partial charge in [-0.2, -0.15) is 0 Å². The van der Waals surface area contributed by atoms with E-state index < -0.39 is 0 Å². The topological polar surface area (TPSA) is 36.4 Å². The van der Waals surface area contributed by atoms with Crippen LogP contribution in [-0.2, 0) is 13.2 Å². The minimum Gasteiger partial charge on any atom is -0.390 e. The molecule has 1 aromatic carbocycles. The third kappa shape index (κ3) is 3.15. The molecule has 0 saturated heterocycles. The van der Waals surface area contributed by atoms with Gasteiger partial charge in [-0.05, 0) is 42.9 Å². The molecule has 3 heteroatoms. The van der Waals surface area contributed by atoms with E-state index in [1.807, 2.05) is 12.1 Å². The molecule has 0 aliphatic rings. The predicted molar refractivity (Wildman–Crippen MR) is 73.0 cm³/mol. The quantitative estimate of drug-likeness (QED) is 0.893. The average molecular weight is 242 g/mol. The lowest BCUT2D eigenvalue weighted by Crippen LogP contribution is -2.10. The molecule has 1 N–H and O–H groups in total. The van der Waals surface area contributed by atoms with Gasteiger partial charge < -0.3 is 10.0 Å². The van der Waals surface area contributed by atoms with Crippen LogP contribution in [0.15, 0.2) is 42.6 Å². The molecule has 0 spiro atoms. The monoisotopic (exact) mass is 242 g/mol. The van der Waals surface area contributed by atoms with Crippen LogP contribution < -0.4 is 0 Å². The van der Waals surface area contributed by atoms with Crippen molar-refractivity contribution in [3.63, 3.8) is 0 Å². The zero-order valence-electron chi connectivity index (χ0n) is 10.8. The second-order valence-corrected chi connectivity index (χ2v) is 4.63. The van der Waals surface area contributed by atoms with Crippen molar-refractivity contribution in [1.82, 2.24) is 9.88 Å². The Labute approximate surface area is 108 Å². The highest BCUT2D eigenvalue weighted by molar-refractivity contribution is 5.63. The van der Waals surface area contributed by atoms with Crippen molar-refractivity contribution in [1.29, 1.82) is 0 Å². The van der Waals surface area contributed by atoms with E-state index >= 15 is 0 Å². The van der Waals surface area contributed by atoms with E-state index in [0.29, 0.717) is 5.69 Å². The van der Waals surface area contributed by atoms with Crippen LogP contribution in [0.1, 0.15) is 11.3 Å². The summed E-state index contributed by atoms with van der Waals surface area (Å²) in [7, 11) is 4.12. The third-order valence-electron chi connectivity index (χ3n) is 2.76. The van der Waals surface area contributed by atoms with Gasteiger partial charge in [0.1, 0.15) is 0 Å². The van der Waals surface area contributed by atoms with Crippen LogP contribution in [0.2, 0.25) is 0 Å². The number of aromatic nitrogens is 1. The first kappa shape index (κ1) is 12.7. The normalized spacial score (nSPS) is 10.9. The molecule has 0 amide bonds. The molecule has 0 aliphatic carbocycles. The Hall–Kier alpha value is -1.71. The summed E-state index contributed by atoms with van der Waals surface area (Å²) >= 11 is 0. The van der Waals surface area contributed by atoms with Gasteiger partial charge in [-0.25, -0.2) is 0 Å². The van der Waals surface area contributed by atoms with Gasteiger partial charge in [-0.1, -0.05) is 24.3 Å². The Morgan fingerprint density at radius 3 is 2.39 bits per heavy atom. The molecule has 0 atom stereocenters. The van der Waals surface area contributed by atoms with Gasteiger partial charge >= 0.3 is 0 Å². The molecule has 0 aliphatic heterocycles. The summed E-state index contributed by atoms with van der Waals surface area (Å²) in [6, 6.07) is 12.4. The molecule has 1 heterocycles. The second kappa shape index (κ2) is 5.76. The lowest BCUT2D eigenvalue weighted by atomic mass is 10.0. The minimum atomic E-state index is -0.0213. The molecular weight excluding hydrogens is 224 g/mol. The number of hydrogen-bond acceptors (Lipinski definition) is 3. The van der Waals surface area contributed by atoms with Crippen molar-refractivity contribution >= 4 is 0 Å². The maximum atomic E-state index is 9.08. The lowest BCUT2D eigenvalue weighted by Gasteiger charge is -2.10. The summed E-state index contributed by atoms with van der Waals surface area (Å²) in [6.45, 7) is 0.922. The van der Waals surface area contributed by atoms with Gasteiger partial charge in [-0.3, -0.25) is 4.98 Å². The molecule has 0 bridgehead atoms. The third-order valence-corrected chi connectivity index (χ3v) is 2.76. The first-order chi connectivity index (χ1) is 8.69. The van der Waals surface area contributed by atoms with Gasteiger partial charge in [0.15, 0.2) is 0 Å². The molecule has 18 heavy (non-hydrogen) atoms. The summed E-state index contributed by atoms with van der Waals surface area (Å²) in [4.78, 5) is 6.23. The van der Waals surface area contributed by atoms with Crippen LogP contribution in [0, 0.1) is 0 Å². The number of hydrogen-bond donors (Lipinski definition) is 1. The predicted octanol–water partition coefficient (Wildman–Crippen LogP) is 2.30. The molecule has 2 rings (SSSR count). The van der Waals surface area contributed by atoms with Crippen molar-refractivity contribution in [2.45, 2.75) is 13.2 Å². The second-order valence-electron chi connectivity index (χ2n) is 4.63. The van der Waals surface area contributed by atoms with Crippen molar-refractivity contribution in [2.75, 3.05) is 14.1 Å². The van der Waals surface area contributed by atoms with E-state index in [1.165, 1.54) is 5.56 Å². The molecule has 0 saturated carbocycles. The summed E-state index contributed by atoms with van der Waals surface area (Å²) in [5.74, 6) is 0. The summed E-state index contributed by atoms with van der Waals surface area (Å²) in [5.41, 5.74) is 4.23. The van der Waals surface area contributed by atoms with E-state index in [-0.39, 0.29) is 6.61 Å². The van der Waals surface area contributed by atoms with Crippen LogP contribution in [-0.4, -0.2) is 29.1 Å². The Morgan fingerprint density at radius 1 is 1.06 bits per heavy atom. The van der Waals surface area contributed by atoms with Crippen LogP contribution in [0.25, 0.3) is 11.1 Å². The van der Waals surface area contributed by atoms with Gasteiger partial charge in [-0.15, -0.1) is 0 Å². The maximum Gasteiger partial charge on any atom is 0.0853 e. The fourth-order valence-electron chi connectivity index (χ4n) is 1.91. The van der Waals surface area contributed by atoms with Crippen molar-refractivity contribution in [2.24, 2.45) is 0 Å². The zero-order chi connectivity index (χ0) is 13.0. The first-order valence-electron chi connectivity index (χ1n) is 5.99. The summed E-state index contributed by atoms with van der Waals surface area (Å²) < 4.78 is 0. The molecular formula is C15H18N2O. The fourth-order valence-corrected chi connectivity index (χ4v) is 1.91. The molecule has 0 fully saturated rings. The number of rotatable bonds is 4. The molecule has 0 unspecified atom stereocenters. The number of aliphatic hydroxyl groups is 1. The lowest BCUT2D eigenvalue weighted by molar-refractivity contribution is 0.277. The van der Waals surface area contributed by atoms with Gasteiger partial charge in [0.25, 0.3) is 0 Å². The van der Waals surface area contributed by atoms with Gasteiger partial charge in [0.2, 0.25) is 0 Å². The number of pyridine rings is 1. The van der Waals surface area contributed by atoms with E-state index in [2.05, 4.69) is 48.2 Å². The van der Waals surface area contributed by atoms with E-state index in [4.69, 9.17) is 5.11 Å². The Morgan fingerprint density at radius 2 is 1.78 bits per heavy atom. The first-order valence-corrected chi connectivity index (χ1v) is 5.99. The summed E-state index contributed by atoms with van der Waals surface area (Å²) in [5, 5.41) is 9.08. The van der Waals surface area contributed by atoms with Gasteiger partial charge in [0, 0.05) is 12.7 Å². The van der Waals surface area contributed by atoms with Gasteiger partial charge in [0.05, 0.1) is 12.3 Å². The molecule has 94 valence electrons. The number of nitrogens with zero attached hydrogens (tertiary/aromatic N) is 2. The van der Waals surface area contributed by atoms with E-state index in [0.717, 1.165) is 17.7 Å². The fraction of sp³-hybridized carbons (Fsp3) is 0.267. The highest BCUT2D eigenvalue weighted by Crippen LogP contribution is 2.20. The molecule has 1 aromatic heterocycles. The van der Waals surface area contributed by atoms with Crippen molar-refractivity contribution in [3.8, 4) is 11.1 Å². The van der Waals surface area contributed by atoms with Crippen LogP contribution in [0.3, 0.4) is 0 Å². The largest absolute Gasteiger partial charge is 0.390 e. The standard InChI is InChI=1S/C15H18N2O/c1-17(2)10-12-3-5-13(6-4-12)14-7-8-16-15(9-14)11-18/h3-9,18H,10-11H2,1-2H3. The zero-order valence-corrected chi connectivity index (χ0v) is 10.8. The van der Waals surface area contributed by atoms with Crippen LogP contribution >= 0.6 is 0 Å². The summed E-state index contributed by atoms with van der Waals surface area (Å²) in [6.07, 6.45) is 1.73. The highest BCUT2D eigenvalue weighted by Gasteiger charge is 2.01. The Kier molecular flexibility index (Phi) is 4.07. The van der Waals surface area contributed by atoms with Crippen LogP contribution in [0.4, 0.5) is 0 Å². The molecule has 2 aromatic rings. The van der Waals surface area contributed by atoms with Crippen molar-refractivity contribution in [3.05, 3.63) is 53.9 Å². The van der Waals surface area contributed by atoms with Crippen molar-refractivity contribution < 1.29 is 5.11 Å². The Balaban J connectivity index is 2.22. The number of benzene rings is 1. The number of aliphatic hydroxyl groups excluding tert-OH is 1. The maximum absolute atomic E-state index is 9.08. The average Bonchev–Trinajstić information content (AvgIpc) is 2.39. The SMILES string of the molecule is CN(C)Cc1ccc(-c2ccnc(CO)c2)cc1. The molecule has 3 nitrogen and oxygen atoms in total. The van der Waals surface area contributed by atoms with E-state index in [1.54, 1.807) is 6.20 Å². The Bertz CT molecular complexity index is 506. The minimum absolute atomic E-state index is 0.0213. The molecule has 0 radical (unpaired) electrons. The van der Waals surface area contributed by atoms with Crippen LogP contribution in [0.5, 0.6) is 0 Å². The van der Waals surface area contributed by atoms with E-state index in [9.17, 15) is 0 Å². The smallest absolute Gasteiger partial charge is 0.0853 e. The highest BCUT2D eigenvalue weighted by atomic mass is 16.3.